The van der Waals surface area contributed by atoms with Crippen LogP contribution < -0.4 is 4.74 Å². The maximum absolute atomic E-state index is 12.5. The highest BCUT2D eigenvalue weighted by Crippen LogP contribution is 2.29. The van der Waals surface area contributed by atoms with E-state index >= 15 is 0 Å². The summed E-state index contributed by atoms with van der Waals surface area (Å²) in [4.78, 5) is 14.3. The highest BCUT2D eigenvalue weighted by Gasteiger charge is 2.30. The summed E-state index contributed by atoms with van der Waals surface area (Å²) in [6.07, 6.45) is 3.30. The Morgan fingerprint density at radius 1 is 1.23 bits per heavy atom. The molecule has 1 aliphatic heterocycles. The van der Waals surface area contributed by atoms with E-state index < -0.39 is 0 Å². The average Bonchev–Trinajstić information content (AvgIpc) is 3.40. The molecule has 0 saturated carbocycles. The Morgan fingerprint density at radius 3 is 2.81 bits per heavy atom. The molecule has 0 bridgehead atoms. The highest BCUT2D eigenvalue weighted by atomic mass is 16.5. The summed E-state index contributed by atoms with van der Waals surface area (Å²) in [5.41, 5.74) is 0.837. The summed E-state index contributed by atoms with van der Waals surface area (Å²) in [7, 11) is 1.62. The molecule has 1 saturated heterocycles. The molecule has 1 aliphatic rings. The van der Waals surface area contributed by atoms with Crippen LogP contribution >= 0.6 is 0 Å². The van der Waals surface area contributed by atoms with E-state index in [9.17, 15) is 4.79 Å². The van der Waals surface area contributed by atoms with Crippen LogP contribution in [0.2, 0.25) is 0 Å². The van der Waals surface area contributed by atoms with Crippen molar-refractivity contribution in [3.63, 3.8) is 0 Å². The zero-order chi connectivity index (χ0) is 17.9. The Bertz CT molecular complexity index is 871. The molecular weight excluding hydrogens is 334 g/mol. The Kier molecular flexibility index (Phi) is 4.43. The third kappa shape index (κ3) is 3.20. The first-order chi connectivity index (χ1) is 12.7. The van der Waals surface area contributed by atoms with Gasteiger partial charge >= 0.3 is 0 Å². The molecule has 0 N–H and O–H groups in total. The van der Waals surface area contributed by atoms with Crippen molar-refractivity contribution in [2.75, 3.05) is 20.2 Å². The minimum atomic E-state index is -0.102. The summed E-state index contributed by atoms with van der Waals surface area (Å²) in [5.74, 6) is 2.09. The normalized spacial score (nSPS) is 17.3. The fourth-order valence-corrected chi connectivity index (χ4v) is 3.17. The summed E-state index contributed by atoms with van der Waals surface area (Å²) in [6.45, 7) is 1.25. The molecule has 1 aromatic carbocycles. The first kappa shape index (κ1) is 16.4. The van der Waals surface area contributed by atoms with Crippen LogP contribution in [0.1, 0.15) is 35.2 Å². The molecule has 0 radical (unpaired) electrons. The van der Waals surface area contributed by atoms with E-state index in [0.717, 1.165) is 24.2 Å². The molecule has 1 amide bonds. The molecule has 0 aliphatic carbocycles. The van der Waals surface area contributed by atoms with Crippen LogP contribution in [0.5, 0.6) is 5.75 Å². The van der Waals surface area contributed by atoms with E-state index in [1.54, 1.807) is 24.1 Å². The standard InChI is InChI=1S/C19H19N3O4/c1-24-15-8-6-13(7-9-15)17-20-21-18(26-17)14-4-2-10-22(12-14)19(23)16-5-3-11-25-16/h3,5-9,11,14H,2,4,10,12H2,1H3. The van der Waals surface area contributed by atoms with E-state index in [0.29, 0.717) is 30.6 Å². The fraction of sp³-hybridized carbons (Fsp3) is 0.316. The number of carbonyl (C=O) groups is 1. The van der Waals surface area contributed by atoms with Crippen molar-refractivity contribution in [3.05, 3.63) is 54.3 Å². The third-order valence-electron chi connectivity index (χ3n) is 4.57. The van der Waals surface area contributed by atoms with Gasteiger partial charge in [-0.25, -0.2) is 0 Å². The molecule has 3 heterocycles. The summed E-state index contributed by atoms with van der Waals surface area (Å²) in [5, 5.41) is 8.36. The largest absolute Gasteiger partial charge is 0.497 e. The molecule has 1 fully saturated rings. The maximum Gasteiger partial charge on any atom is 0.289 e. The van der Waals surface area contributed by atoms with Gasteiger partial charge in [0.25, 0.3) is 5.91 Å². The number of likely N-dealkylation sites (tertiary alicyclic amines) is 1. The lowest BCUT2D eigenvalue weighted by atomic mass is 9.98. The molecule has 1 unspecified atom stereocenters. The van der Waals surface area contributed by atoms with Gasteiger partial charge in [0, 0.05) is 18.7 Å². The fourth-order valence-electron chi connectivity index (χ4n) is 3.17. The number of ether oxygens (including phenoxy) is 1. The molecule has 1 atom stereocenters. The second kappa shape index (κ2) is 7.03. The van der Waals surface area contributed by atoms with Crippen molar-refractivity contribution in [2.24, 2.45) is 0 Å². The molecule has 7 heteroatoms. The minimum Gasteiger partial charge on any atom is -0.497 e. The van der Waals surface area contributed by atoms with Gasteiger partial charge in [0.1, 0.15) is 5.75 Å². The first-order valence-electron chi connectivity index (χ1n) is 8.55. The van der Waals surface area contributed by atoms with Crippen LogP contribution in [0.4, 0.5) is 0 Å². The number of amides is 1. The number of carbonyl (C=O) groups excluding carboxylic acids is 1. The number of piperidine rings is 1. The number of methoxy groups -OCH3 is 1. The zero-order valence-electron chi connectivity index (χ0n) is 14.4. The van der Waals surface area contributed by atoms with E-state index in [1.807, 2.05) is 24.3 Å². The van der Waals surface area contributed by atoms with Crippen molar-refractivity contribution in [2.45, 2.75) is 18.8 Å². The number of furan rings is 1. The lowest BCUT2D eigenvalue weighted by Gasteiger charge is -2.30. The second-order valence-corrected chi connectivity index (χ2v) is 6.24. The van der Waals surface area contributed by atoms with Gasteiger partial charge in [-0.05, 0) is 49.2 Å². The van der Waals surface area contributed by atoms with E-state index in [4.69, 9.17) is 13.6 Å². The molecule has 2 aromatic heterocycles. The van der Waals surface area contributed by atoms with Crippen LogP contribution in [-0.4, -0.2) is 41.2 Å². The van der Waals surface area contributed by atoms with Crippen LogP contribution in [0.15, 0.2) is 51.5 Å². The Balaban J connectivity index is 1.49. The number of hydrogen-bond acceptors (Lipinski definition) is 6. The SMILES string of the molecule is COc1ccc(-c2nnc(C3CCCN(C(=O)c4ccco4)C3)o2)cc1. The smallest absolute Gasteiger partial charge is 0.289 e. The van der Waals surface area contributed by atoms with Crippen molar-refractivity contribution in [1.29, 1.82) is 0 Å². The van der Waals surface area contributed by atoms with E-state index in [-0.39, 0.29) is 11.8 Å². The molecule has 3 aromatic rings. The first-order valence-corrected chi connectivity index (χ1v) is 8.55. The van der Waals surface area contributed by atoms with Gasteiger partial charge in [0.15, 0.2) is 5.76 Å². The van der Waals surface area contributed by atoms with Gasteiger partial charge in [0.2, 0.25) is 11.8 Å². The highest BCUT2D eigenvalue weighted by molar-refractivity contribution is 5.91. The van der Waals surface area contributed by atoms with Crippen LogP contribution in [0.25, 0.3) is 11.5 Å². The quantitative estimate of drug-likeness (QED) is 0.715. The van der Waals surface area contributed by atoms with E-state index in [1.165, 1.54) is 6.26 Å². The predicted molar refractivity (Wildman–Crippen MR) is 92.9 cm³/mol. The second-order valence-electron chi connectivity index (χ2n) is 6.24. The Hall–Kier alpha value is -3.09. The van der Waals surface area contributed by atoms with Crippen molar-refractivity contribution >= 4 is 5.91 Å². The Morgan fingerprint density at radius 2 is 2.08 bits per heavy atom. The summed E-state index contributed by atoms with van der Waals surface area (Å²) < 4.78 is 16.3. The topological polar surface area (TPSA) is 81.6 Å². The summed E-state index contributed by atoms with van der Waals surface area (Å²) >= 11 is 0. The number of benzene rings is 1. The van der Waals surface area contributed by atoms with Gasteiger partial charge in [-0.15, -0.1) is 10.2 Å². The molecular formula is C19H19N3O4. The van der Waals surface area contributed by atoms with Crippen molar-refractivity contribution < 1.29 is 18.4 Å². The number of nitrogens with zero attached hydrogens (tertiary/aromatic N) is 3. The van der Waals surface area contributed by atoms with Crippen LogP contribution in [0, 0.1) is 0 Å². The number of aromatic nitrogens is 2. The average molecular weight is 353 g/mol. The molecule has 26 heavy (non-hydrogen) atoms. The van der Waals surface area contributed by atoms with Gasteiger partial charge in [0.05, 0.1) is 19.3 Å². The lowest BCUT2D eigenvalue weighted by Crippen LogP contribution is -2.39. The lowest BCUT2D eigenvalue weighted by molar-refractivity contribution is 0.0666. The van der Waals surface area contributed by atoms with Gasteiger partial charge in [-0.2, -0.15) is 0 Å². The maximum atomic E-state index is 12.5. The van der Waals surface area contributed by atoms with Gasteiger partial charge in [-0.1, -0.05) is 0 Å². The van der Waals surface area contributed by atoms with Crippen molar-refractivity contribution in [3.8, 4) is 17.2 Å². The van der Waals surface area contributed by atoms with Gasteiger partial charge < -0.3 is 18.5 Å². The third-order valence-corrected chi connectivity index (χ3v) is 4.57. The van der Waals surface area contributed by atoms with Crippen LogP contribution in [-0.2, 0) is 0 Å². The molecule has 134 valence electrons. The molecule has 4 rings (SSSR count). The monoisotopic (exact) mass is 353 g/mol. The summed E-state index contributed by atoms with van der Waals surface area (Å²) in [6, 6.07) is 10.9. The zero-order valence-corrected chi connectivity index (χ0v) is 14.4. The number of hydrogen-bond donors (Lipinski definition) is 0. The van der Waals surface area contributed by atoms with E-state index in [2.05, 4.69) is 10.2 Å². The number of rotatable bonds is 4. The van der Waals surface area contributed by atoms with Crippen LogP contribution in [0.3, 0.4) is 0 Å². The Labute approximate surface area is 150 Å². The minimum absolute atomic E-state index is 0.0298. The van der Waals surface area contributed by atoms with Crippen molar-refractivity contribution in [1.82, 2.24) is 15.1 Å². The van der Waals surface area contributed by atoms with Gasteiger partial charge in [-0.3, -0.25) is 4.79 Å². The predicted octanol–water partition coefficient (Wildman–Crippen LogP) is 3.36. The molecule has 7 nitrogen and oxygen atoms in total. The molecule has 0 spiro atoms.